The Morgan fingerprint density at radius 3 is 2.51 bits per heavy atom. The van der Waals surface area contributed by atoms with Crippen LogP contribution in [0.15, 0.2) is 65.6 Å². The van der Waals surface area contributed by atoms with Crippen molar-refractivity contribution in [2.45, 2.75) is 25.9 Å². The average molecular weight is 517 g/mol. The number of fused-ring (bicyclic) bond motifs is 1. The van der Waals surface area contributed by atoms with E-state index in [1.54, 1.807) is 30.2 Å². The molecule has 190 valence electrons. The SMILES string of the molecule is COc1cc(/C=C2\SC(=O)N(CC(=O)N3CCCCC3)C2=O)ccc1OCc1ccc2ccccc2c1. The molecule has 0 unspecified atom stereocenters. The van der Waals surface area contributed by atoms with Gasteiger partial charge >= 0.3 is 0 Å². The Morgan fingerprint density at radius 1 is 0.946 bits per heavy atom. The molecule has 37 heavy (non-hydrogen) atoms. The van der Waals surface area contributed by atoms with Gasteiger partial charge in [0.15, 0.2) is 11.5 Å². The number of carbonyl (C=O) groups excluding carboxylic acids is 3. The summed E-state index contributed by atoms with van der Waals surface area (Å²) in [6, 6.07) is 19.7. The van der Waals surface area contributed by atoms with Crippen LogP contribution < -0.4 is 9.47 Å². The van der Waals surface area contributed by atoms with Gasteiger partial charge in [0.1, 0.15) is 13.2 Å². The number of ether oxygens (including phenoxy) is 2. The summed E-state index contributed by atoms with van der Waals surface area (Å²) in [7, 11) is 1.56. The molecule has 0 aromatic heterocycles. The van der Waals surface area contributed by atoms with Crippen LogP contribution in [0.5, 0.6) is 11.5 Å². The summed E-state index contributed by atoms with van der Waals surface area (Å²) in [6.07, 6.45) is 4.66. The summed E-state index contributed by atoms with van der Waals surface area (Å²) in [6.45, 7) is 1.53. The van der Waals surface area contributed by atoms with Crippen LogP contribution in [0.2, 0.25) is 0 Å². The molecule has 0 spiro atoms. The van der Waals surface area contributed by atoms with Crippen LogP contribution in [0.1, 0.15) is 30.4 Å². The Labute approximate surface area is 220 Å². The molecule has 5 rings (SSSR count). The van der Waals surface area contributed by atoms with Crippen molar-refractivity contribution >= 4 is 45.7 Å². The minimum absolute atomic E-state index is 0.183. The van der Waals surface area contributed by atoms with Crippen molar-refractivity contribution < 1.29 is 23.9 Å². The summed E-state index contributed by atoms with van der Waals surface area (Å²) < 4.78 is 11.5. The number of nitrogens with zero attached hydrogens (tertiary/aromatic N) is 2. The summed E-state index contributed by atoms with van der Waals surface area (Å²) in [5, 5.41) is 1.90. The second-order valence-electron chi connectivity index (χ2n) is 9.09. The lowest BCUT2D eigenvalue weighted by Gasteiger charge is -2.27. The largest absolute Gasteiger partial charge is 0.493 e. The molecule has 8 heteroatoms. The van der Waals surface area contributed by atoms with Crippen LogP contribution in [-0.4, -0.2) is 53.6 Å². The molecule has 2 aliphatic heterocycles. The first-order valence-corrected chi connectivity index (χ1v) is 13.1. The maximum atomic E-state index is 12.9. The van der Waals surface area contributed by atoms with E-state index in [2.05, 4.69) is 24.3 Å². The number of carbonyl (C=O) groups is 3. The standard InChI is InChI=1S/C29H28N2O5S/c1-35-25-16-20(10-12-24(25)36-19-21-9-11-22-7-3-4-8-23(22)15-21)17-26-28(33)31(29(34)37-26)18-27(32)30-13-5-2-6-14-30/h3-4,7-12,15-17H,2,5-6,13-14,18-19H2,1H3/b26-17-. The number of hydrogen-bond donors (Lipinski definition) is 0. The Hall–Kier alpha value is -3.78. The third-order valence-corrected chi connectivity index (χ3v) is 7.48. The lowest BCUT2D eigenvalue weighted by molar-refractivity contribution is -0.136. The van der Waals surface area contributed by atoms with Gasteiger partial charge in [0.05, 0.1) is 12.0 Å². The fourth-order valence-corrected chi connectivity index (χ4v) is 5.39. The number of thioether (sulfide) groups is 1. The lowest BCUT2D eigenvalue weighted by Crippen LogP contribution is -2.44. The number of methoxy groups -OCH3 is 1. The Balaban J connectivity index is 1.26. The number of hydrogen-bond acceptors (Lipinski definition) is 6. The van der Waals surface area contributed by atoms with Gasteiger partial charge in [0, 0.05) is 13.1 Å². The zero-order chi connectivity index (χ0) is 25.8. The van der Waals surface area contributed by atoms with Crippen LogP contribution in [0.3, 0.4) is 0 Å². The summed E-state index contributed by atoms with van der Waals surface area (Å²) in [5.41, 5.74) is 1.74. The van der Waals surface area contributed by atoms with E-state index in [0.29, 0.717) is 36.8 Å². The van der Waals surface area contributed by atoms with E-state index in [-0.39, 0.29) is 17.4 Å². The fourth-order valence-electron chi connectivity index (χ4n) is 4.55. The van der Waals surface area contributed by atoms with Gasteiger partial charge in [-0.15, -0.1) is 0 Å². The molecule has 0 radical (unpaired) electrons. The van der Waals surface area contributed by atoms with Crippen molar-refractivity contribution in [3.8, 4) is 11.5 Å². The third kappa shape index (κ3) is 5.64. The molecule has 2 heterocycles. The molecule has 0 aliphatic carbocycles. The van der Waals surface area contributed by atoms with Crippen molar-refractivity contribution in [2.75, 3.05) is 26.7 Å². The molecule has 2 saturated heterocycles. The van der Waals surface area contributed by atoms with E-state index in [0.717, 1.165) is 46.9 Å². The van der Waals surface area contributed by atoms with Crippen molar-refractivity contribution in [1.29, 1.82) is 0 Å². The lowest BCUT2D eigenvalue weighted by atomic mass is 10.1. The zero-order valence-electron chi connectivity index (χ0n) is 20.6. The molecule has 2 fully saturated rings. The van der Waals surface area contributed by atoms with Gasteiger partial charge in [-0.1, -0.05) is 42.5 Å². The van der Waals surface area contributed by atoms with Crippen LogP contribution >= 0.6 is 11.8 Å². The monoisotopic (exact) mass is 516 g/mol. The average Bonchev–Trinajstić information content (AvgIpc) is 3.19. The van der Waals surface area contributed by atoms with E-state index >= 15 is 0 Å². The van der Waals surface area contributed by atoms with Gasteiger partial charge in [-0.05, 0) is 77.2 Å². The van der Waals surface area contributed by atoms with Crippen LogP contribution in [-0.2, 0) is 16.2 Å². The van der Waals surface area contributed by atoms with Crippen molar-refractivity contribution in [3.05, 3.63) is 76.7 Å². The molecular formula is C29H28N2O5S. The van der Waals surface area contributed by atoms with Gasteiger partial charge in [0.25, 0.3) is 11.1 Å². The molecule has 3 amide bonds. The van der Waals surface area contributed by atoms with E-state index in [9.17, 15) is 14.4 Å². The van der Waals surface area contributed by atoms with Crippen molar-refractivity contribution in [3.63, 3.8) is 0 Å². The second-order valence-corrected chi connectivity index (χ2v) is 10.1. The maximum Gasteiger partial charge on any atom is 0.294 e. The molecule has 7 nitrogen and oxygen atoms in total. The molecule has 0 saturated carbocycles. The normalized spacial score (nSPS) is 17.1. The van der Waals surface area contributed by atoms with E-state index in [1.165, 1.54) is 5.39 Å². The fraction of sp³-hybridized carbons (Fsp3) is 0.276. The highest BCUT2D eigenvalue weighted by molar-refractivity contribution is 8.18. The van der Waals surface area contributed by atoms with Crippen molar-refractivity contribution in [1.82, 2.24) is 9.80 Å². The molecule has 0 N–H and O–H groups in total. The van der Waals surface area contributed by atoms with Gasteiger partial charge in [-0.25, -0.2) is 0 Å². The molecule has 2 aliphatic rings. The summed E-state index contributed by atoms with van der Waals surface area (Å²) in [5.74, 6) is 0.468. The van der Waals surface area contributed by atoms with Crippen LogP contribution in [0.4, 0.5) is 4.79 Å². The Bertz CT molecular complexity index is 1380. The number of benzene rings is 3. The first kappa shape index (κ1) is 24.9. The van der Waals surface area contributed by atoms with Crippen molar-refractivity contribution in [2.24, 2.45) is 0 Å². The van der Waals surface area contributed by atoms with Crippen LogP contribution in [0, 0.1) is 0 Å². The first-order chi connectivity index (χ1) is 18.0. The molecular weight excluding hydrogens is 488 g/mol. The van der Waals surface area contributed by atoms with Gasteiger partial charge in [-0.3, -0.25) is 19.3 Å². The number of rotatable bonds is 7. The number of piperidine rings is 1. The molecule has 0 atom stereocenters. The topological polar surface area (TPSA) is 76.2 Å². The molecule has 0 bridgehead atoms. The van der Waals surface area contributed by atoms with Gasteiger partial charge in [-0.2, -0.15) is 0 Å². The molecule has 3 aromatic carbocycles. The Morgan fingerprint density at radius 2 is 1.73 bits per heavy atom. The first-order valence-electron chi connectivity index (χ1n) is 12.3. The number of amides is 3. The highest BCUT2D eigenvalue weighted by Gasteiger charge is 2.37. The highest BCUT2D eigenvalue weighted by Crippen LogP contribution is 2.35. The quantitative estimate of drug-likeness (QED) is 0.387. The second kappa shape index (κ2) is 11.1. The smallest absolute Gasteiger partial charge is 0.294 e. The van der Waals surface area contributed by atoms with E-state index in [4.69, 9.17) is 9.47 Å². The highest BCUT2D eigenvalue weighted by atomic mass is 32.2. The number of likely N-dealkylation sites (tertiary alicyclic amines) is 1. The Kier molecular flexibility index (Phi) is 7.46. The number of imide groups is 1. The predicted octanol–water partition coefficient (Wildman–Crippen LogP) is 5.48. The minimum atomic E-state index is -0.448. The zero-order valence-corrected chi connectivity index (χ0v) is 21.5. The van der Waals surface area contributed by atoms with E-state index < -0.39 is 11.1 Å². The summed E-state index contributed by atoms with van der Waals surface area (Å²) >= 11 is 0.847. The predicted molar refractivity (Wildman–Crippen MR) is 144 cm³/mol. The third-order valence-electron chi connectivity index (χ3n) is 6.57. The van der Waals surface area contributed by atoms with Gasteiger partial charge < -0.3 is 14.4 Å². The van der Waals surface area contributed by atoms with Gasteiger partial charge in [0.2, 0.25) is 5.91 Å². The summed E-state index contributed by atoms with van der Waals surface area (Å²) in [4.78, 5) is 41.0. The van der Waals surface area contributed by atoms with E-state index in [1.807, 2.05) is 24.3 Å². The van der Waals surface area contributed by atoms with Crippen LogP contribution in [0.25, 0.3) is 16.8 Å². The molecule has 3 aromatic rings. The maximum absolute atomic E-state index is 12.9. The minimum Gasteiger partial charge on any atom is -0.493 e.